The van der Waals surface area contributed by atoms with Crippen LogP contribution in [-0.2, 0) is 6.42 Å². The van der Waals surface area contributed by atoms with Crippen LogP contribution >= 0.6 is 0 Å². The molecule has 0 aromatic heterocycles. The summed E-state index contributed by atoms with van der Waals surface area (Å²) < 4.78 is 0. The summed E-state index contributed by atoms with van der Waals surface area (Å²) >= 11 is 0. The van der Waals surface area contributed by atoms with Crippen LogP contribution in [0.25, 0.3) is 0 Å². The molecule has 0 radical (unpaired) electrons. The Labute approximate surface area is 116 Å². The van der Waals surface area contributed by atoms with E-state index >= 15 is 0 Å². The molecule has 1 aromatic rings. The van der Waals surface area contributed by atoms with Crippen LogP contribution in [-0.4, -0.2) is 6.04 Å². The van der Waals surface area contributed by atoms with Crippen molar-refractivity contribution in [2.45, 2.75) is 58.0 Å². The monoisotopic (exact) mass is 258 g/mol. The summed E-state index contributed by atoms with van der Waals surface area (Å²) in [6.45, 7) is 4.80. The minimum Gasteiger partial charge on any atom is -0.399 e. The van der Waals surface area contributed by atoms with Gasteiger partial charge in [0, 0.05) is 17.8 Å². The highest BCUT2D eigenvalue weighted by atomic mass is 15.0. The molecule has 0 aliphatic heterocycles. The van der Waals surface area contributed by atoms with Crippen molar-refractivity contribution in [3.63, 3.8) is 0 Å². The first-order chi connectivity index (χ1) is 9.13. The summed E-state index contributed by atoms with van der Waals surface area (Å²) in [5.41, 5.74) is 9.72. The molecule has 0 saturated heterocycles. The van der Waals surface area contributed by atoms with Gasteiger partial charge in [-0.2, -0.15) is 0 Å². The number of hydrogen-bond acceptors (Lipinski definition) is 2. The zero-order valence-corrected chi connectivity index (χ0v) is 12.2. The van der Waals surface area contributed by atoms with Gasteiger partial charge in [0.15, 0.2) is 0 Å². The fourth-order valence-corrected chi connectivity index (χ4v) is 3.79. The molecule has 1 saturated carbocycles. The van der Waals surface area contributed by atoms with Crippen LogP contribution < -0.4 is 11.1 Å². The SMILES string of the molecule is CC1CCC(NC2CCc3cc(N)ccc32)CC1C. The van der Waals surface area contributed by atoms with Gasteiger partial charge in [-0.1, -0.05) is 19.9 Å². The minimum absolute atomic E-state index is 0.557. The van der Waals surface area contributed by atoms with Crippen molar-refractivity contribution in [3.05, 3.63) is 29.3 Å². The molecule has 0 spiro atoms. The molecule has 2 aliphatic carbocycles. The van der Waals surface area contributed by atoms with Crippen LogP contribution in [0.1, 0.15) is 56.7 Å². The smallest absolute Gasteiger partial charge is 0.0328 e. The molecule has 1 aromatic carbocycles. The number of rotatable bonds is 2. The van der Waals surface area contributed by atoms with Gasteiger partial charge in [-0.25, -0.2) is 0 Å². The van der Waals surface area contributed by atoms with Crippen molar-refractivity contribution in [2.24, 2.45) is 11.8 Å². The molecular formula is C17H26N2. The van der Waals surface area contributed by atoms with E-state index in [0.717, 1.165) is 17.5 Å². The van der Waals surface area contributed by atoms with Gasteiger partial charge in [0.05, 0.1) is 0 Å². The molecule has 0 heterocycles. The summed E-state index contributed by atoms with van der Waals surface area (Å²) in [7, 11) is 0. The van der Waals surface area contributed by atoms with Gasteiger partial charge in [0.2, 0.25) is 0 Å². The van der Waals surface area contributed by atoms with Gasteiger partial charge in [-0.3, -0.25) is 0 Å². The third kappa shape index (κ3) is 2.64. The zero-order valence-electron chi connectivity index (χ0n) is 12.2. The molecule has 2 heteroatoms. The van der Waals surface area contributed by atoms with E-state index in [4.69, 9.17) is 5.73 Å². The maximum atomic E-state index is 5.87. The van der Waals surface area contributed by atoms with Crippen LogP contribution in [0, 0.1) is 11.8 Å². The van der Waals surface area contributed by atoms with Crippen LogP contribution in [0.15, 0.2) is 18.2 Å². The van der Waals surface area contributed by atoms with Crippen molar-refractivity contribution >= 4 is 5.69 Å². The third-order valence-electron chi connectivity index (χ3n) is 5.28. The number of hydrogen-bond donors (Lipinski definition) is 2. The van der Waals surface area contributed by atoms with Gasteiger partial charge in [-0.15, -0.1) is 0 Å². The molecular weight excluding hydrogens is 232 g/mol. The zero-order chi connectivity index (χ0) is 13.4. The molecule has 104 valence electrons. The molecule has 4 unspecified atom stereocenters. The topological polar surface area (TPSA) is 38.0 Å². The molecule has 2 nitrogen and oxygen atoms in total. The van der Waals surface area contributed by atoms with Gasteiger partial charge in [0.25, 0.3) is 0 Å². The Bertz CT molecular complexity index is 455. The van der Waals surface area contributed by atoms with Crippen LogP contribution in [0.5, 0.6) is 0 Å². The lowest BCUT2D eigenvalue weighted by molar-refractivity contribution is 0.215. The van der Waals surface area contributed by atoms with Gasteiger partial charge >= 0.3 is 0 Å². The number of nitrogens with two attached hydrogens (primary N) is 1. The lowest BCUT2D eigenvalue weighted by Crippen LogP contribution is -2.37. The second-order valence-electron chi connectivity index (χ2n) is 6.68. The summed E-state index contributed by atoms with van der Waals surface area (Å²) in [6.07, 6.45) is 6.46. The second kappa shape index (κ2) is 5.16. The highest BCUT2D eigenvalue weighted by Gasteiger charge is 2.29. The maximum absolute atomic E-state index is 5.87. The Morgan fingerprint density at radius 1 is 1.11 bits per heavy atom. The quantitative estimate of drug-likeness (QED) is 0.794. The first-order valence-electron chi connectivity index (χ1n) is 7.78. The molecule has 19 heavy (non-hydrogen) atoms. The van der Waals surface area contributed by atoms with Crippen molar-refractivity contribution in [1.29, 1.82) is 0 Å². The number of fused-ring (bicyclic) bond motifs is 1. The average Bonchev–Trinajstić information content (AvgIpc) is 2.76. The van der Waals surface area contributed by atoms with E-state index in [-0.39, 0.29) is 0 Å². The van der Waals surface area contributed by atoms with E-state index in [0.29, 0.717) is 12.1 Å². The Morgan fingerprint density at radius 2 is 1.95 bits per heavy atom. The van der Waals surface area contributed by atoms with Crippen molar-refractivity contribution in [3.8, 4) is 0 Å². The fourth-order valence-electron chi connectivity index (χ4n) is 3.79. The number of benzene rings is 1. The van der Waals surface area contributed by atoms with Crippen LogP contribution in [0.3, 0.4) is 0 Å². The van der Waals surface area contributed by atoms with Crippen molar-refractivity contribution < 1.29 is 0 Å². The lowest BCUT2D eigenvalue weighted by Gasteiger charge is -2.34. The number of aryl methyl sites for hydroxylation is 1. The maximum Gasteiger partial charge on any atom is 0.0328 e. The molecule has 0 bridgehead atoms. The van der Waals surface area contributed by atoms with E-state index in [1.807, 2.05) is 6.07 Å². The second-order valence-corrected chi connectivity index (χ2v) is 6.68. The highest BCUT2D eigenvalue weighted by molar-refractivity contribution is 5.47. The normalized spacial score (nSPS) is 34.2. The van der Waals surface area contributed by atoms with Crippen molar-refractivity contribution in [1.82, 2.24) is 5.32 Å². The Morgan fingerprint density at radius 3 is 2.74 bits per heavy atom. The first-order valence-corrected chi connectivity index (χ1v) is 7.78. The molecule has 4 atom stereocenters. The largest absolute Gasteiger partial charge is 0.399 e. The van der Waals surface area contributed by atoms with Crippen molar-refractivity contribution in [2.75, 3.05) is 5.73 Å². The van der Waals surface area contributed by atoms with E-state index in [2.05, 4.69) is 31.3 Å². The molecule has 3 rings (SSSR count). The van der Waals surface area contributed by atoms with Crippen LogP contribution in [0.2, 0.25) is 0 Å². The minimum atomic E-state index is 0.557. The van der Waals surface area contributed by atoms with E-state index in [9.17, 15) is 0 Å². The Balaban J connectivity index is 1.66. The summed E-state index contributed by atoms with van der Waals surface area (Å²) in [4.78, 5) is 0. The van der Waals surface area contributed by atoms with Gasteiger partial charge < -0.3 is 11.1 Å². The van der Waals surface area contributed by atoms with Gasteiger partial charge in [-0.05, 0) is 67.2 Å². The molecule has 3 N–H and O–H groups in total. The number of nitrogen functional groups attached to an aromatic ring is 1. The summed E-state index contributed by atoms with van der Waals surface area (Å²) in [6, 6.07) is 7.69. The summed E-state index contributed by atoms with van der Waals surface area (Å²) in [5, 5.41) is 3.90. The van der Waals surface area contributed by atoms with E-state index in [1.54, 1.807) is 0 Å². The lowest BCUT2D eigenvalue weighted by atomic mass is 9.79. The molecule has 1 fully saturated rings. The van der Waals surface area contributed by atoms with Gasteiger partial charge in [0.1, 0.15) is 0 Å². The highest BCUT2D eigenvalue weighted by Crippen LogP contribution is 2.35. The predicted molar refractivity (Wildman–Crippen MR) is 81.0 cm³/mol. The number of nitrogens with one attached hydrogen (secondary N) is 1. The van der Waals surface area contributed by atoms with Crippen LogP contribution in [0.4, 0.5) is 5.69 Å². The Kier molecular flexibility index (Phi) is 3.53. The van der Waals surface area contributed by atoms with E-state index < -0.39 is 0 Å². The predicted octanol–water partition coefficient (Wildman–Crippen LogP) is 3.67. The molecule has 2 aliphatic rings. The fraction of sp³-hybridized carbons (Fsp3) is 0.647. The first kappa shape index (κ1) is 13.0. The standard InChI is InChI=1S/C17H26N2/c1-11-3-6-15(9-12(11)2)19-17-8-4-13-10-14(18)5-7-16(13)17/h5,7,10-12,15,17,19H,3-4,6,8-9,18H2,1-2H3. The molecule has 0 amide bonds. The Hall–Kier alpha value is -1.02. The third-order valence-corrected chi connectivity index (χ3v) is 5.28. The van der Waals surface area contributed by atoms with E-state index in [1.165, 1.54) is 43.2 Å². The number of anilines is 1. The summed E-state index contributed by atoms with van der Waals surface area (Å²) in [5.74, 6) is 1.76. The average molecular weight is 258 g/mol.